The highest BCUT2D eigenvalue weighted by Crippen LogP contribution is 2.07. The fourth-order valence-corrected chi connectivity index (χ4v) is 1.31. The predicted octanol–water partition coefficient (Wildman–Crippen LogP) is -0.751. The van der Waals surface area contributed by atoms with Gasteiger partial charge in [-0.05, 0) is 0 Å². The number of hydrogen-bond acceptors (Lipinski definition) is 4. The summed E-state index contributed by atoms with van der Waals surface area (Å²) in [6, 6.07) is 0. The van der Waals surface area contributed by atoms with Crippen molar-refractivity contribution in [2.24, 2.45) is 14.1 Å². The van der Waals surface area contributed by atoms with Crippen molar-refractivity contribution in [2.75, 3.05) is 5.73 Å². The highest BCUT2D eigenvalue weighted by atomic mass is 16.1. The molecule has 2 heterocycles. The Morgan fingerprint density at radius 2 is 2.15 bits per heavy atom. The van der Waals surface area contributed by atoms with E-state index in [0.717, 1.165) is 0 Å². The first-order valence-electron chi connectivity index (χ1n) is 3.75. The molecule has 0 spiro atoms. The van der Waals surface area contributed by atoms with E-state index in [2.05, 4.69) is 9.97 Å². The van der Waals surface area contributed by atoms with E-state index in [1.165, 1.54) is 0 Å². The highest BCUT2D eigenvalue weighted by Gasteiger charge is 2.09. The fraction of sp³-hybridized carbons (Fsp3) is 0.286. The normalized spacial score (nSPS) is 10.9. The Morgan fingerprint density at radius 1 is 1.46 bits per heavy atom. The number of nitrogen functional groups attached to an aromatic ring is 1. The summed E-state index contributed by atoms with van der Waals surface area (Å²) in [5.41, 5.74) is 6.17. The molecule has 6 heteroatoms. The molecule has 0 radical (unpaired) electrons. The van der Waals surface area contributed by atoms with Crippen molar-refractivity contribution in [3.63, 3.8) is 0 Å². The number of nitrogens with two attached hydrogens (primary N) is 1. The number of rotatable bonds is 0. The minimum absolute atomic E-state index is 0.195. The van der Waals surface area contributed by atoms with Crippen LogP contribution in [0.4, 0.5) is 5.95 Å². The first-order chi connectivity index (χ1) is 6.11. The number of fused-ring (bicyclic) bond motifs is 1. The summed E-state index contributed by atoms with van der Waals surface area (Å²) >= 11 is 0. The molecule has 0 atom stereocenters. The molecule has 6 nitrogen and oxygen atoms in total. The number of hydrogen-bond donors (Lipinski definition) is 1. The van der Waals surface area contributed by atoms with E-state index in [4.69, 9.17) is 5.73 Å². The summed E-state index contributed by atoms with van der Waals surface area (Å²) in [7, 11) is 3.54. The van der Waals surface area contributed by atoms with Crippen LogP contribution in [-0.4, -0.2) is 19.1 Å². The third-order valence-electron chi connectivity index (χ3n) is 1.99. The summed E-state index contributed by atoms with van der Waals surface area (Å²) < 4.78 is 3.36. The van der Waals surface area contributed by atoms with E-state index in [-0.39, 0.29) is 11.5 Å². The van der Waals surface area contributed by atoms with Gasteiger partial charge >= 0.3 is 5.56 Å². The average molecular weight is 179 g/mol. The number of aromatic nitrogens is 4. The lowest BCUT2D eigenvalue weighted by atomic mass is 10.5. The molecular formula is C7H9N5O. The maximum atomic E-state index is 11.3. The maximum absolute atomic E-state index is 11.3. The molecular weight excluding hydrogens is 170 g/mol. The standard InChI is InChI=1S/C7H9N5O/c1-11-3-9-4-5(13)10-7(8)12(2)6(4)11/h3H,1-2H3,(H2,8,10,13). The Balaban J connectivity index is 3.10. The van der Waals surface area contributed by atoms with Crippen molar-refractivity contribution in [3.8, 4) is 0 Å². The molecule has 68 valence electrons. The molecule has 2 aromatic heterocycles. The molecule has 0 fully saturated rings. The van der Waals surface area contributed by atoms with Crippen molar-refractivity contribution >= 4 is 17.1 Å². The Hall–Kier alpha value is -1.85. The first-order valence-corrected chi connectivity index (χ1v) is 3.75. The van der Waals surface area contributed by atoms with Gasteiger partial charge in [-0.1, -0.05) is 0 Å². The second kappa shape index (κ2) is 2.32. The molecule has 0 aliphatic heterocycles. The molecule has 0 bridgehead atoms. The lowest BCUT2D eigenvalue weighted by Crippen LogP contribution is -2.16. The van der Waals surface area contributed by atoms with Crippen LogP contribution in [0.5, 0.6) is 0 Å². The lowest BCUT2D eigenvalue weighted by Gasteiger charge is -2.04. The van der Waals surface area contributed by atoms with Crippen LogP contribution in [0.2, 0.25) is 0 Å². The van der Waals surface area contributed by atoms with Crippen LogP contribution in [0, 0.1) is 0 Å². The number of nitrogens with zero attached hydrogens (tertiary/aromatic N) is 4. The van der Waals surface area contributed by atoms with Crippen molar-refractivity contribution in [3.05, 3.63) is 16.7 Å². The van der Waals surface area contributed by atoms with Gasteiger partial charge in [0.1, 0.15) is 5.65 Å². The molecule has 0 aliphatic carbocycles. The zero-order chi connectivity index (χ0) is 9.59. The molecule has 0 amide bonds. The quantitative estimate of drug-likeness (QED) is 0.577. The van der Waals surface area contributed by atoms with E-state index < -0.39 is 0 Å². The molecule has 0 unspecified atom stereocenters. The summed E-state index contributed by atoms with van der Waals surface area (Å²) in [5.74, 6) is 0.195. The summed E-state index contributed by atoms with van der Waals surface area (Å²) in [6.45, 7) is 0. The topological polar surface area (TPSA) is 78.7 Å². The zero-order valence-electron chi connectivity index (χ0n) is 7.35. The largest absolute Gasteiger partial charge is 0.369 e. The van der Waals surface area contributed by atoms with Crippen LogP contribution >= 0.6 is 0 Å². The van der Waals surface area contributed by atoms with Crippen molar-refractivity contribution < 1.29 is 0 Å². The number of aryl methyl sites for hydroxylation is 2. The molecule has 13 heavy (non-hydrogen) atoms. The van der Waals surface area contributed by atoms with Gasteiger partial charge in [0.15, 0.2) is 5.52 Å². The summed E-state index contributed by atoms with van der Waals surface area (Å²) in [5, 5.41) is 0. The van der Waals surface area contributed by atoms with Crippen LogP contribution in [0.1, 0.15) is 0 Å². The van der Waals surface area contributed by atoms with Gasteiger partial charge in [-0.2, -0.15) is 4.98 Å². The SMILES string of the molecule is Cn1cnc2c(=O)nc(N)n(C)c21. The molecule has 2 aromatic rings. The van der Waals surface area contributed by atoms with E-state index >= 15 is 0 Å². The van der Waals surface area contributed by atoms with Crippen LogP contribution in [0.25, 0.3) is 11.2 Å². The Morgan fingerprint density at radius 3 is 2.85 bits per heavy atom. The molecule has 0 saturated heterocycles. The van der Waals surface area contributed by atoms with Gasteiger partial charge in [0.05, 0.1) is 6.33 Å². The van der Waals surface area contributed by atoms with E-state index in [1.54, 1.807) is 29.6 Å². The Kier molecular flexibility index (Phi) is 1.39. The summed E-state index contributed by atoms with van der Waals surface area (Å²) in [6.07, 6.45) is 1.56. The number of imidazole rings is 1. The van der Waals surface area contributed by atoms with Crippen LogP contribution < -0.4 is 11.3 Å². The third-order valence-corrected chi connectivity index (χ3v) is 1.99. The highest BCUT2D eigenvalue weighted by molar-refractivity contribution is 5.71. The van der Waals surface area contributed by atoms with E-state index in [9.17, 15) is 4.79 Å². The second-order valence-corrected chi connectivity index (χ2v) is 2.86. The predicted molar refractivity (Wildman–Crippen MR) is 48.2 cm³/mol. The first kappa shape index (κ1) is 7.78. The Bertz CT molecular complexity index is 523. The minimum Gasteiger partial charge on any atom is -0.369 e. The molecule has 0 aliphatic rings. The van der Waals surface area contributed by atoms with Gasteiger partial charge in [0, 0.05) is 14.1 Å². The molecule has 2 N–H and O–H groups in total. The third kappa shape index (κ3) is 0.915. The van der Waals surface area contributed by atoms with Crippen molar-refractivity contribution in [1.29, 1.82) is 0 Å². The van der Waals surface area contributed by atoms with Crippen molar-refractivity contribution in [2.45, 2.75) is 0 Å². The van der Waals surface area contributed by atoms with E-state index in [1.807, 2.05) is 0 Å². The smallest absolute Gasteiger partial charge is 0.302 e. The fourth-order valence-electron chi connectivity index (χ4n) is 1.31. The van der Waals surface area contributed by atoms with E-state index in [0.29, 0.717) is 11.2 Å². The van der Waals surface area contributed by atoms with Gasteiger partial charge in [-0.3, -0.25) is 9.36 Å². The number of anilines is 1. The van der Waals surface area contributed by atoms with Gasteiger partial charge in [-0.25, -0.2) is 4.98 Å². The summed E-state index contributed by atoms with van der Waals surface area (Å²) in [4.78, 5) is 18.8. The zero-order valence-corrected chi connectivity index (χ0v) is 7.35. The maximum Gasteiger partial charge on any atom is 0.302 e. The van der Waals surface area contributed by atoms with Gasteiger partial charge in [0.2, 0.25) is 5.95 Å². The Labute approximate surface area is 73.6 Å². The molecule has 0 aromatic carbocycles. The van der Waals surface area contributed by atoms with Gasteiger partial charge in [-0.15, -0.1) is 0 Å². The van der Waals surface area contributed by atoms with Gasteiger partial charge < -0.3 is 10.3 Å². The van der Waals surface area contributed by atoms with Crippen LogP contribution in [0.15, 0.2) is 11.1 Å². The average Bonchev–Trinajstić information content (AvgIpc) is 2.44. The minimum atomic E-state index is -0.383. The second-order valence-electron chi connectivity index (χ2n) is 2.86. The van der Waals surface area contributed by atoms with Crippen LogP contribution in [-0.2, 0) is 14.1 Å². The van der Waals surface area contributed by atoms with Crippen LogP contribution in [0.3, 0.4) is 0 Å². The molecule has 0 saturated carbocycles. The lowest BCUT2D eigenvalue weighted by molar-refractivity contribution is 0.842. The monoisotopic (exact) mass is 179 g/mol. The van der Waals surface area contributed by atoms with Crippen molar-refractivity contribution in [1.82, 2.24) is 19.1 Å². The van der Waals surface area contributed by atoms with Gasteiger partial charge in [0.25, 0.3) is 0 Å². The molecule has 2 rings (SSSR count).